The van der Waals surface area contributed by atoms with E-state index in [-0.39, 0.29) is 6.04 Å². The SMILES string of the molecule is CCN(C1CC1)S(=O)(=O)c1cc(CN)cs1. The lowest BCUT2D eigenvalue weighted by molar-refractivity contribution is 0.422. The Hall–Kier alpha value is -0.430. The fraction of sp³-hybridized carbons (Fsp3) is 0.600. The third-order valence-electron chi connectivity index (χ3n) is 2.69. The maximum absolute atomic E-state index is 12.3. The van der Waals surface area contributed by atoms with E-state index in [9.17, 15) is 8.42 Å². The monoisotopic (exact) mass is 260 g/mol. The summed E-state index contributed by atoms with van der Waals surface area (Å²) in [4.78, 5) is 0. The van der Waals surface area contributed by atoms with E-state index in [1.807, 2.05) is 12.3 Å². The minimum Gasteiger partial charge on any atom is -0.326 e. The molecule has 0 spiro atoms. The van der Waals surface area contributed by atoms with Gasteiger partial charge in [-0.2, -0.15) is 4.31 Å². The van der Waals surface area contributed by atoms with E-state index in [0.717, 1.165) is 18.4 Å². The van der Waals surface area contributed by atoms with Crippen molar-refractivity contribution in [1.82, 2.24) is 4.31 Å². The maximum atomic E-state index is 12.3. The van der Waals surface area contributed by atoms with Crippen molar-refractivity contribution in [1.29, 1.82) is 0 Å². The van der Waals surface area contributed by atoms with Crippen molar-refractivity contribution < 1.29 is 8.42 Å². The van der Waals surface area contributed by atoms with Crippen LogP contribution in [0.2, 0.25) is 0 Å². The summed E-state index contributed by atoms with van der Waals surface area (Å²) in [5.74, 6) is 0. The molecule has 1 saturated carbocycles. The molecule has 0 atom stereocenters. The summed E-state index contributed by atoms with van der Waals surface area (Å²) < 4.78 is 26.6. The molecule has 0 aromatic carbocycles. The van der Waals surface area contributed by atoms with Crippen LogP contribution in [0.1, 0.15) is 25.3 Å². The van der Waals surface area contributed by atoms with Crippen LogP contribution in [0.25, 0.3) is 0 Å². The standard InChI is InChI=1S/C10H16N2O2S2/c1-2-12(9-3-4-9)16(13,14)10-5-8(6-11)7-15-10/h5,7,9H,2-4,6,11H2,1H3. The molecule has 0 amide bonds. The molecule has 1 heterocycles. The van der Waals surface area contributed by atoms with E-state index in [2.05, 4.69) is 0 Å². The normalized spacial score (nSPS) is 16.9. The Morgan fingerprint density at radius 3 is 2.69 bits per heavy atom. The average molecular weight is 260 g/mol. The van der Waals surface area contributed by atoms with Crippen molar-refractivity contribution in [2.24, 2.45) is 5.73 Å². The van der Waals surface area contributed by atoms with Crippen molar-refractivity contribution >= 4 is 21.4 Å². The molecule has 0 unspecified atom stereocenters. The van der Waals surface area contributed by atoms with E-state index >= 15 is 0 Å². The molecule has 4 nitrogen and oxygen atoms in total. The van der Waals surface area contributed by atoms with Crippen LogP contribution in [0.3, 0.4) is 0 Å². The first-order chi connectivity index (χ1) is 7.59. The second-order valence-corrected chi connectivity index (χ2v) is 6.95. The zero-order valence-corrected chi connectivity index (χ0v) is 10.9. The smallest absolute Gasteiger partial charge is 0.252 e. The van der Waals surface area contributed by atoms with Gasteiger partial charge in [-0.25, -0.2) is 8.42 Å². The highest BCUT2D eigenvalue weighted by molar-refractivity contribution is 7.91. The molecule has 2 N–H and O–H groups in total. The molecule has 0 saturated heterocycles. The van der Waals surface area contributed by atoms with Crippen LogP contribution in [0.5, 0.6) is 0 Å². The molecule has 6 heteroatoms. The Bertz CT molecular complexity index is 463. The lowest BCUT2D eigenvalue weighted by atomic mass is 10.4. The van der Waals surface area contributed by atoms with Crippen molar-refractivity contribution in [2.45, 2.75) is 36.6 Å². The average Bonchev–Trinajstić information content (AvgIpc) is 2.95. The zero-order chi connectivity index (χ0) is 11.8. The Morgan fingerprint density at radius 2 is 2.25 bits per heavy atom. The van der Waals surface area contributed by atoms with Crippen molar-refractivity contribution in [3.05, 3.63) is 17.0 Å². The maximum Gasteiger partial charge on any atom is 0.252 e. The number of sulfonamides is 1. The van der Waals surface area contributed by atoms with Gasteiger partial charge < -0.3 is 5.73 Å². The summed E-state index contributed by atoms with van der Waals surface area (Å²) in [6.45, 7) is 2.82. The molecular weight excluding hydrogens is 244 g/mol. The first-order valence-electron chi connectivity index (χ1n) is 5.39. The number of hydrogen-bond acceptors (Lipinski definition) is 4. The number of rotatable bonds is 5. The van der Waals surface area contributed by atoms with Crippen LogP contribution in [-0.4, -0.2) is 25.3 Å². The van der Waals surface area contributed by atoms with Crippen molar-refractivity contribution in [3.8, 4) is 0 Å². The zero-order valence-electron chi connectivity index (χ0n) is 9.22. The first kappa shape index (κ1) is 12.0. The van der Waals surface area contributed by atoms with Gasteiger partial charge in [-0.3, -0.25) is 0 Å². The molecule has 1 aliphatic rings. The lowest BCUT2D eigenvalue weighted by Gasteiger charge is -2.18. The predicted octanol–water partition coefficient (Wildman–Crippen LogP) is 1.38. The second-order valence-electron chi connectivity index (χ2n) is 3.92. The molecule has 16 heavy (non-hydrogen) atoms. The summed E-state index contributed by atoms with van der Waals surface area (Å²) in [6.07, 6.45) is 1.98. The fourth-order valence-corrected chi connectivity index (χ4v) is 4.74. The highest BCUT2D eigenvalue weighted by Gasteiger charge is 2.37. The minimum atomic E-state index is -3.28. The number of hydrogen-bond donors (Lipinski definition) is 1. The summed E-state index contributed by atoms with van der Waals surface area (Å²) >= 11 is 1.26. The number of nitrogens with two attached hydrogens (primary N) is 1. The molecule has 2 rings (SSSR count). The molecule has 0 aliphatic heterocycles. The van der Waals surface area contributed by atoms with Crippen LogP contribution < -0.4 is 5.73 Å². The van der Waals surface area contributed by atoms with Crippen LogP contribution in [0.4, 0.5) is 0 Å². The van der Waals surface area contributed by atoms with Crippen LogP contribution in [-0.2, 0) is 16.6 Å². The van der Waals surface area contributed by atoms with Gasteiger partial charge in [0, 0.05) is 19.1 Å². The third kappa shape index (κ3) is 2.15. The highest BCUT2D eigenvalue weighted by Crippen LogP contribution is 2.33. The number of thiophene rings is 1. The molecule has 0 bridgehead atoms. The number of nitrogens with zero attached hydrogens (tertiary/aromatic N) is 1. The third-order valence-corrected chi connectivity index (χ3v) is 6.19. The molecule has 90 valence electrons. The van der Waals surface area contributed by atoms with Crippen LogP contribution in [0, 0.1) is 0 Å². The summed E-state index contributed by atoms with van der Waals surface area (Å²) in [5, 5.41) is 1.81. The minimum absolute atomic E-state index is 0.221. The fourth-order valence-electron chi connectivity index (χ4n) is 1.70. The Balaban J connectivity index is 2.29. The van der Waals surface area contributed by atoms with E-state index in [4.69, 9.17) is 5.73 Å². The van der Waals surface area contributed by atoms with E-state index in [0.29, 0.717) is 17.3 Å². The van der Waals surface area contributed by atoms with Gasteiger partial charge in [0.15, 0.2) is 0 Å². The van der Waals surface area contributed by atoms with Gasteiger partial charge in [0.25, 0.3) is 10.0 Å². The van der Waals surface area contributed by atoms with Gasteiger partial charge in [0.1, 0.15) is 4.21 Å². The summed E-state index contributed by atoms with van der Waals surface area (Å²) in [7, 11) is -3.28. The predicted molar refractivity (Wildman–Crippen MR) is 64.8 cm³/mol. The summed E-state index contributed by atoms with van der Waals surface area (Å²) in [6, 6.07) is 1.91. The van der Waals surface area contributed by atoms with Crippen LogP contribution in [0.15, 0.2) is 15.7 Å². The van der Waals surface area contributed by atoms with E-state index < -0.39 is 10.0 Å². The topological polar surface area (TPSA) is 63.4 Å². The largest absolute Gasteiger partial charge is 0.326 e. The Labute approximate surface area is 100 Å². The second kappa shape index (κ2) is 4.44. The molecule has 1 fully saturated rings. The van der Waals surface area contributed by atoms with Gasteiger partial charge in [-0.05, 0) is 29.9 Å². The van der Waals surface area contributed by atoms with E-state index in [1.54, 1.807) is 10.4 Å². The van der Waals surface area contributed by atoms with Gasteiger partial charge in [-0.15, -0.1) is 11.3 Å². The lowest BCUT2D eigenvalue weighted by Crippen LogP contribution is -2.32. The molecule has 0 radical (unpaired) electrons. The highest BCUT2D eigenvalue weighted by atomic mass is 32.2. The molecule has 1 aromatic heterocycles. The van der Waals surface area contributed by atoms with Gasteiger partial charge in [-0.1, -0.05) is 6.92 Å². The van der Waals surface area contributed by atoms with E-state index in [1.165, 1.54) is 11.3 Å². The Morgan fingerprint density at radius 1 is 1.56 bits per heavy atom. The quantitative estimate of drug-likeness (QED) is 0.870. The molecule has 1 aliphatic carbocycles. The van der Waals surface area contributed by atoms with Crippen molar-refractivity contribution in [3.63, 3.8) is 0 Å². The van der Waals surface area contributed by atoms with Crippen LogP contribution >= 0.6 is 11.3 Å². The molecule has 1 aromatic rings. The van der Waals surface area contributed by atoms with Crippen molar-refractivity contribution in [2.75, 3.05) is 6.54 Å². The van der Waals surface area contributed by atoms with Gasteiger partial charge in [0.05, 0.1) is 0 Å². The summed E-state index contributed by atoms with van der Waals surface area (Å²) in [5.41, 5.74) is 6.37. The Kier molecular flexibility index (Phi) is 3.34. The van der Waals surface area contributed by atoms with Gasteiger partial charge >= 0.3 is 0 Å². The van der Waals surface area contributed by atoms with Gasteiger partial charge in [0.2, 0.25) is 0 Å². The first-order valence-corrected chi connectivity index (χ1v) is 7.71. The molecular formula is C10H16N2O2S2.